The van der Waals surface area contributed by atoms with Crippen LogP contribution in [0.4, 0.5) is 13.2 Å². The Balaban J connectivity index is 1.30. The standard InChI is InChI=1S/C31H25F3O4/c1-2-3-26(35)20-8-4-19(5-9-20)24-14-15-27(30(34)29(24)33)38-31(36)21-10-6-18(7-11-21)23-13-12-22(16-25(23)32)28-17-37-28/h4-16,26,28,35H,2-3,17H2,1H3. The number of esters is 1. The van der Waals surface area contributed by atoms with Crippen LogP contribution < -0.4 is 4.74 Å². The third kappa shape index (κ3) is 5.35. The van der Waals surface area contributed by atoms with Crippen LogP contribution in [0.3, 0.4) is 0 Å². The van der Waals surface area contributed by atoms with E-state index in [0.29, 0.717) is 35.3 Å². The average Bonchev–Trinajstić information content (AvgIpc) is 3.78. The van der Waals surface area contributed by atoms with Crippen LogP contribution in [0, 0.1) is 17.5 Å². The topological polar surface area (TPSA) is 59.1 Å². The van der Waals surface area contributed by atoms with Gasteiger partial charge in [0, 0.05) is 11.1 Å². The highest BCUT2D eigenvalue weighted by Crippen LogP contribution is 2.34. The molecule has 1 fully saturated rings. The van der Waals surface area contributed by atoms with Gasteiger partial charge in [-0.25, -0.2) is 13.6 Å². The highest BCUT2D eigenvalue weighted by molar-refractivity contribution is 5.91. The van der Waals surface area contributed by atoms with Crippen LogP contribution in [0.5, 0.6) is 5.75 Å². The fourth-order valence-electron chi connectivity index (χ4n) is 4.31. The van der Waals surface area contributed by atoms with E-state index < -0.39 is 35.3 Å². The van der Waals surface area contributed by atoms with Crippen LogP contribution in [0.1, 0.15) is 53.5 Å². The maximum Gasteiger partial charge on any atom is 0.343 e. The van der Waals surface area contributed by atoms with E-state index in [2.05, 4.69) is 0 Å². The van der Waals surface area contributed by atoms with Crippen molar-refractivity contribution >= 4 is 5.97 Å². The predicted molar refractivity (Wildman–Crippen MR) is 137 cm³/mol. The lowest BCUT2D eigenvalue weighted by molar-refractivity contribution is 0.0726. The largest absolute Gasteiger partial charge is 0.420 e. The van der Waals surface area contributed by atoms with Gasteiger partial charge >= 0.3 is 5.97 Å². The zero-order chi connectivity index (χ0) is 26.8. The summed E-state index contributed by atoms with van der Waals surface area (Å²) in [5, 5.41) is 10.1. The Kier molecular flexibility index (Phi) is 7.31. The second kappa shape index (κ2) is 10.8. The Labute approximate surface area is 218 Å². The molecule has 4 aromatic rings. The number of benzene rings is 4. The minimum Gasteiger partial charge on any atom is -0.420 e. The number of carbonyl (C=O) groups is 1. The summed E-state index contributed by atoms with van der Waals surface area (Å²) in [5.74, 6) is -4.26. The molecule has 1 aliphatic heterocycles. The van der Waals surface area contributed by atoms with Gasteiger partial charge < -0.3 is 14.6 Å². The maximum absolute atomic E-state index is 14.9. The molecule has 1 N–H and O–H groups in total. The molecule has 2 atom stereocenters. The van der Waals surface area contributed by atoms with E-state index in [9.17, 15) is 23.1 Å². The Bertz CT molecular complexity index is 1460. The van der Waals surface area contributed by atoms with Crippen molar-refractivity contribution in [3.05, 3.63) is 113 Å². The van der Waals surface area contributed by atoms with Crippen LogP contribution in [0.2, 0.25) is 0 Å². The van der Waals surface area contributed by atoms with Gasteiger partial charge in [0.1, 0.15) is 11.9 Å². The van der Waals surface area contributed by atoms with Crippen LogP contribution in [0.25, 0.3) is 22.3 Å². The lowest BCUT2D eigenvalue weighted by Crippen LogP contribution is -2.10. The Morgan fingerprint density at radius 1 is 0.921 bits per heavy atom. The molecule has 194 valence electrons. The molecule has 0 aromatic heterocycles. The van der Waals surface area contributed by atoms with E-state index in [1.54, 1.807) is 48.5 Å². The van der Waals surface area contributed by atoms with Crippen molar-refractivity contribution < 1.29 is 32.5 Å². The lowest BCUT2D eigenvalue weighted by Gasteiger charge is -2.12. The van der Waals surface area contributed by atoms with Gasteiger partial charge in [-0.3, -0.25) is 0 Å². The molecule has 4 aromatic carbocycles. The number of rotatable bonds is 8. The second-order valence-corrected chi connectivity index (χ2v) is 9.19. The van der Waals surface area contributed by atoms with Crippen LogP contribution in [-0.4, -0.2) is 17.7 Å². The Morgan fingerprint density at radius 3 is 2.18 bits per heavy atom. The monoisotopic (exact) mass is 518 g/mol. The van der Waals surface area contributed by atoms with Gasteiger partial charge in [0.05, 0.1) is 18.3 Å². The lowest BCUT2D eigenvalue weighted by atomic mass is 9.99. The third-order valence-corrected chi connectivity index (χ3v) is 6.55. The first kappa shape index (κ1) is 25.7. The Hall–Kier alpha value is -3.94. The first-order valence-electron chi connectivity index (χ1n) is 12.4. The van der Waals surface area contributed by atoms with Gasteiger partial charge in [0.25, 0.3) is 0 Å². The molecule has 38 heavy (non-hydrogen) atoms. The van der Waals surface area contributed by atoms with Crippen LogP contribution >= 0.6 is 0 Å². The van der Waals surface area contributed by atoms with Gasteiger partial charge in [-0.15, -0.1) is 0 Å². The molecule has 1 saturated heterocycles. The molecule has 1 aliphatic rings. The number of epoxide rings is 1. The molecule has 0 aliphatic carbocycles. The molecule has 2 unspecified atom stereocenters. The van der Waals surface area contributed by atoms with Crippen molar-refractivity contribution in [1.29, 1.82) is 0 Å². The maximum atomic E-state index is 14.9. The number of aliphatic hydroxyl groups is 1. The molecule has 4 nitrogen and oxygen atoms in total. The molecule has 5 rings (SSSR count). The van der Waals surface area contributed by atoms with Crippen molar-refractivity contribution in [2.45, 2.75) is 32.0 Å². The number of carbonyl (C=O) groups excluding carboxylic acids is 1. The zero-order valence-corrected chi connectivity index (χ0v) is 20.6. The SMILES string of the molecule is CCCC(O)c1ccc(-c2ccc(OC(=O)c3ccc(-c4ccc(C5CO5)cc4F)cc3)c(F)c2F)cc1. The van der Waals surface area contributed by atoms with Gasteiger partial charge in [-0.2, -0.15) is 4.39 Å². The van der Waals surface area contributed by atoms with E-state index in [-0.39, 0.29) is 17.2 Å². The number of halogens is 3. The molecule has 7 heteroatoms. The van der Waals surface area contributed by atoms with E-state index in [0.717, 1.165) is 12.0 Å². The Morgan fingerprint density at radius 2 is 1.55 bits per heavy atom. The summed E-state index contributed by atoms with van der Waals surface area (Å²) in [7, 11) is 0. The highest BCUT2D eigenvalue weighted by atomic mass is 19.2. The summed E-state index contributed by atoms with van der Waals surface area (Å²) in [6.45, 7) is 2.55. The number of aliphatic hydroxyl groups excluding tert-OH is 1. The summed E-state index contributed by atoms with van der Waals surface area (Å²) >= 11 is 0. The summed E-state index contributed by atoms with van der Waals surface area (Å²) in [6, 6.07) is 20.0. The number of ether oxygens (including phenoxy) is 2. The minimum absolute atomic E-state index is 0.00414. The molecule has 0 saturated carbocycles. The quantitative estimate of drug-likeness (QED) is 0.149. The molecule has 0 amide bonds. The van der Waals surface area contributed by atoms with Gasteiger partial charge in [0.15, 0.2) is 11.6 Å². The average molecular weight is 519 g/mol. The minimum atomic E-state index is -1.29. The highest BCUT2D eigenvalue weighted by Gasteiger charge is 2.25. The van der Waals surface area contributed by atoms with Crippen molar-refractivity contribution in [2.24, 2.45) is 0 Å². The fraction of sp³-hybridized carbons (Fsp3) is 0.194. The van der Waals surface area contributed by atoms with Crippen molar-refractivity contribution in [3.8, 4) is 28.0 Å². The molecular formula is C31H25F3O4. The van der Waals surface area contributed by atoms with Gasteiger partial charge in [-0.05, 0) is 59.0 Å². The van der Waals surface area contributed by atoms with E-state index >= 15 is 0 Å². The first-order valence-corrected chi connectivity index (χ1v) is 12.4. The summed E-state index contributed by atoms with van der Waals surface area (Å²) in [4.78, 5) is 12.6. The first-order chi connectivity index (χ1) is 18.4. The number of hydrogen-bond acceptors (Lipinski definition) is 4. The van der Waals surface area contributed by atoms with E-state index in [1.165, 1.54) is 30.3 Å². The third-order valence-electron chi connectivity index (χ3n) is 6.55. The summed E-state index contributed by atoms with van der Waals surface area (Å²) in [5.41, 5.74) is 2.91. The van der Waals surface area contributed by atoms with Gasteiger partial charge in [0.2, 0.25) is 5.82 Å². The summed E-state index contributed by atoms with van der Waals surface area (Å²) < 4.78 is 54.6. The smallest absolute Gasteiger partial charge is 0.343 e. The molecule has 0 spiro atoms. The second-order valence-electron chi connectivity index (χ2n) is 9.19. The molecule has 0 bridgehead atoms. The molecule has 1 heterocycles. The zero-order valence-electron chi connectivity index (χ0n) is 20.6. The van der Waals surface area contributed by atoms with E-state index in [4.69, 9.17) is 9.47 Å². The van der Waals surface area contributed by atoms with Crippen molar-refractivity contribution in [2.75, 3.05) is 6.61 Å². The van der Waals surface area contributed by atoms with Crippen LogP contribution in [-0.2, 0) is 4.74 Å². The van der Waals surface area contributed by atoms with Crippen molar-refractivity contribution in [3.63, 3.8) is 0 Å². The normalized spacial score (nSPS) is 15.2. The van der Waals surface area contributed by atoms with Crippen LogP contribution in [0.15, 0.2) is 78.9 Å². The molecule has 0 radical (unpaired) electrons. The van der Waals surface area contributed by atoms with Crippen molar-refractivity contribution in [1.82, 2.24) is 0 Å². The molecular weight excluding hydrogens is 493 g/mol. The fourth-order valence-corrected chi connectivity index (χ4v) is 4.31. The van der Waals surface area contributed by atoms with E-state index in [1.807, 2.05) is 6.92 Å². The van der Waals surface area contributed by atoms with Gasteiger partial charge in [-0.1, -0.05) is 61.9 Å². The number of hydrogen-bond donors (Lipinski definition) is 1. The summed E-state index contributed by atoms with van der Waals surface area (Å²) in [6.07, 6.45) is 0.745. The predicted octanol–water partition coefficient (Wildman–Crippen LogP) is 7.56.